The number of aromatic nitrogens is 3. The minimum atomic E-state index is -1.09. The molecular weight excluding hydrogens is 510 g/mol. The van der Waals surface area contributed by atoms with Crippen LogP contribution in [0.2, 0.25) is 0 Å². The first-order valence-electron chi connectivity index (χ1n) is 11.7. The van der Waals surface area contributed by atoms with Gasteiger partial charge in [0.15, 0.2) is 0 Å². The maximum Gasteiger partial charge on any atom is 0.251 e. The van der Waals surface area contributed by atoms with Crippen LogP contribution in [-0.4, -0.2) is 62.9 Å². The topological polar surface area (TPSA) is 92.2 Å². The fourth-order valence-electron chi connectivity index (χ4n) is 5.31. The Morgan fingerprint density at radius 1 is 1.19 bits per heavy atom. The summed E-state index contributed by atoms with van der Waals surface area (Å²) in [7, 11) is 0. The van der Waals surface area contributed by atoms with Crippen LogP contribution >= 0.6 is 24.2 Å². The van der Waals surface area contributed by atoms with Crippen LogP contribution in [0.25, 0.3) is 11.0 Å². The Bertz CT molecular complexity index is 1390. The van der Waals surface area contributed by atoms with Gasteiger partial charge in [0.2, 0.25) is 5.91 Å². The number of fused-ring (bicyclic) bond motifs is 1. The Morgan fingerprint density at radius 3 is 2.89 bits per heavy atom. The van der Waals surface area contributed by atoms with E-state index in [4.69, 9.17) is 0 Å². The predicted molar refractivity (Wildman–Crippen MR) is 136 cm³/mol. The van der Waals surface area contributed by atoms with Crippen molar-refractivity contribution in [1.29, 1.82) is 0 Å². The van der Waals surface area contributed by atoms with Crippen LogP contribution < -0.4 is 16.2 Å². The highest BCUT2D eigenvalue weighted by atomic mass is 35.5. The van der Waals surface area contributed by atoms with Crippen LogP contribution in [-0.2, 0) is 17.9 Å². The second-order valence-corrected chi connectivity index (χ2v) is 10.3. The lowest BCUT2D eigenvalue weighted by molar-refractivity contribution is -0.113. The number of halogens is 3. The number of rotatable bonds is 5. The molecule has 6 rings (SSSR count). The molecular formula is C24H25ClF2N6O2S. The maximum atomic E-state index is 15.1. The summed E-state index contributed by atoms with van der Waals surface area (Å²) >= 11 is 1.46. The van der Waals surface area contributed by atoms with Crippen molar-refractivity contribution in [1.82, 2.24) is 24.8 Å². The van der Waals surface area contributed by atoms with Gasteiger partial charge in [-0.05, 0) is 31.2 Å². The Labute approximate surface area is 216 Å². The first kappa shape index (κ1) is 25.1. The van der Waals surface area contributed by atoms with Gasteiger partial charge in [-0.2, -0.15) is 0 Å². The number of pyridine rings is 3. The van der Waals surface area contributed by atoms with Gasteiger partial charge < -0.3 is 15.2 Å². The molecule has 190 valence electrons. The molecule has 1 unspecified atom stereocenters. The zero-order chi connectivity index (χ0) is 24.1. The van der Waals surface area contributed by atoms with Gasteiger partial charge in [-0.1, -0.05) is 0 Å². The average Bonchev–Trinajstić information content (AvgIpc) is 3.23. The third-order valence-electron chi connectivity index (χ3n) is 6.98. The molecule has 3 atom stereocenters. The molecule has 8 nitrogen and oxygen atoms in total. The van der Waals surface area contributed by atoms with E-state index < -0.39 is 12.0 Å². The minimum Gasteiger partial charge on any atom is -0.309 e. The molecule has 0 aliphatic carbocycles. The molecule has 0 radical (unpaired) electrons. The highest BCUT2D eigenvalue weighted by Crippen LogP contribution is 2.35. The summed E-state index contributed by atoms with van der Waals surface area (Å²) in [5.74, 6) is 0.238. The van der Waals surface area contributed by atoms with Gasteiger partial charge in [-0.25, -0.2) is 13.8 Å². The highest BCUT2D eigenvalue weighted by molar-refractivity contribution is 8.00. The van der Waals surface area contributed by atoms with Crippen LogP contribution in [0.4, 0.5) is 14.6 Å². The number of alkyl halides is 1. The summed E-state index contributed by atoms with van der Waals surface area (Å²) < 4.78 is 31.4. The Kier molecular flexibility index (Phi) is 6.99. The molecule has 2 N–H and O–H groups in total. The highest BCUT2D eigenvalue weighted by Gasteiger charge is 2.34. The molecule has 0 aromatic carbocycles. The van der Waals surface area contributed by atoms with Crippen molar-refractivity contribution in [2.75, 3.05) is 30.7 Å². The predicted octanol–water partition coefficient (Wildman–Crippen LogP) is 2.70. The second-order valence-electron chi connectivity index (χ2n) is 9.27. The third-order valence-corrected chi connectivity index (χ3v) is 8.03. The number of piperidine rings is 1. The van der Waals surface area contributed by atoms with E-state index in [0.717, 1.165) is 10.6 Å². The van der Waals surface area contributed by atoms with Gasteiger partial charge in [-0.15, -0.1) is 24.2 Å². The second kappa shape index (κ2) is 10.0. The lowest BCUT2D eigenvalue weighted by atomic mass is 9.97. The molecule has 3 aliphatic rings. The van der Waals surface area contributed by atoms with E-state index in [2.05, 4.69) is 20.6 Å². The van der Waals surface area contributed by atoms with E-state index in [1.54, 1.807) is 10.6 Å². The Morgan fingerprint density at radius 2 is 2.06 bits per heavy atom. The van der Waals surface area contributed by atoms with Crippen LogP contribution in [0.3, 0.4) is 0 Å². The molecule has 36 heavy (non-hydrogen) atoms. The van der Waals surface area contributed by atoms with E-state index >= 15 is 4.39 Å². The minimum absolute atomic E-state index is 0. The summed E-state index contributed by atoms with van der Waals surface area (Å²) in [4.78, 5) is 35.5. The lowest BCUT2D eigenvalue weighted by Gasteiger charge is -2.36. The number of amides is 1. The summed E-state index contributed by atoms with van der Waals surface area (Å²) in [6, 6.07) is 6.58. The van der Waals surface area contributed by atoms with Crippen molar-refractivity contribution in [3.8, 4) is 0 Å². The summed E-state index contributed by atoms with van der Waals surface area (Å²) in [6.07, 6.45) is 0.718. The molecule has 1 saturated heterocycles. The van der Waals surface area contributed by atoms with E-state index in [0.29, 0.717) is 60.8 Å². The molecule has 0 spiro atoms. The summed E-state index contributed by atoms with van der Waals surface area (Å²) in [5, 5.41) is 6.05. The maximum absolute atomic E-state index is 15.1. The molecule has 12 heteroatoms. The number of nitrogens with one attached hydrogen (secondary N) is 2. The summed E-state index contributed by atoms with van der Waals surface area (Å²) in [5.41, 5.74) is 2.24. The molecule has 3 aliphatic heterocycles. The average molecular weight is 535 g/mol. The fourth-order valence-corrected chi connectivity index (χ4v) is 6.06. The number of hydrogen-bond donors (Lipinski definition) is 2. The van der Waals surface area contributed by atoms with Crippen LogP contribution in [0.1, 0.15) is 23.6 Å². The quantitative estimate of drug-likeness (QED) is 0.520. The van der Waals surface area contributed by atoms with E-state index in [1.165, 1.54) is 24.0 Å². The first-order chi connectivity index (χ1) is 17.0. The van der Waals surface area contributed by atoms with Crippen molar-refractivity contribution in [3.63, 3.8) is 0 Å². The zero-order valence-electron chi connectivity index (χ0n) is 19.2. The van der Waals surface area contributed by atoms with Gasteiger partial charge in [0.25, 0.3) is 5.56 Å². The van der Waals surface area contributed by atoms with E-state index in [-0.39, 0.29) is 42.4 Å². The largest absolute Gasteiger partial charge is 0.309 e. The van der Waals surface area contributed by atoms with Crippen LogP contribution in [0, 0.1) is 5.82 Å². The molecule has 3 aromatic rings. The lowest BCUT2D eigenvalue weighted by Crippen LogP contribution is -2.51. The van der Waals surface area contributed by atoms with E-state index in [9.17, 15) is 14.0 Å². The van der Waals surface area contributed by atoms with Crippen LogP contribution in [0.15, 0.2) is 40.2 Å². The van der Waals surface area contributed by atoms with Crippen molar-refractivity contribution in [3.05, 3.63) is 57.9 Å². The van der Waals surface area contributed by atoms with Crippen molar-refractivity contribution in [2.24, 2.45) is 0 Å². The van der Waals surface area contributed by atoms with Crippen LogP contribution in [0.5, 0.6) is 0 Å². The SMILES string of the molecule is Cl.O=C1CSc2ccc(CN[C@H]3CCN(CC4Cn5c(=O)ccc6ncc(F)c4c65)C[C@H]3F)nc2N1. The third kappa shape index (κ3) is 4.60. The van der Waals surface area contributed by atoms with Gasteiger partial charge in [0, 0.05) is 49.8 Å². The number of carbonyl (C=O) groups is 1. The smallest absolute Gasteiger partial charge is 0.251 e. The van der Waals surface area contributed by atoms with E-state index in [1.807, 2.05) is 17.0 Å². The number of likely N-dealkylation sites (tertiary alicyclic amines) is 1. The summed E-state index contributed by atoms with van der Waals surface area (Å²) in [6.45, 7) is 2.16. The molecule has 6 heterocycles. The Hall–Kier alpha value is -2.60. The molecule has 1 amide bonds. The van der Waals surface area contributed by atoms with Crippen molar-refractivity contribution in [2.45, 2.75) is 42.5 Å². The molecule has 3 aromatic heterocycles. The zero-order valence-corrected chi connectivity index (χ0v) is 20.9. The number of hydrogen-bond acceptors (Lipinski definition) is 7. The number of nitrogens with zero attached hydrogens (tertiary/aromatic N) is 4. The normalized spacial score (nSPS) is 23.3. The van der Waals surface area contributed by atoms with Gasteiger partial charge in [-0.3, -0.25) is 19.5 Å². The van der Waals surface area contributed by atoms with Gasteiger partial charge in [0.1, 0.15) is 17.8 Å². The first-order valence-corrected chi connectivity index (χ1v) is 12.6. The van der Waals surface area contributed by atoms with Gasteiger partial charge >= 0.3 is 0 Å². The number of anilines is 1. The van der Waals surface area contributed by atoms with Crippen molar-refractivity contribution < 1.29 is 13.6 Å². The number of carbonyl (C=O) groups excluding carboxylic acids is 1. The van der Waals surface area contributed by atoms with Crippen molar-refractivity contribution >= 4 is 46.9 Å². The molecule has 0 saturated carbocycles. The molecule has 1 fully saturated rings. The monoisotopic (exact) mass is 534 g/mol. The number of thioether (sulfide) groups is 1. The Balaban J connectivity index is 0.00000267. The van der Waals surface area contributed by atoms with Gasteiger partial charge in [0.05, 0.1) is 33.6 Å². The standard InChI is InChI=1S/C24H24F2N6O2S.ClH/c25-15-8-28-18-2-4-21(34)32-10-13(22(15)23(18)32)9-31-6-5-17(16(26)11-31)27-7-14-1-3-19-24(29-14)30-20(33)12-35-19;/h1-4,8,13,16-17,27H,5-7,9-12H2,(H,29,30,33);1H/t13?,16-,17+;/m1./s1. The molecule has 0 bridgehead atoms. The fraction of sp³-hybridized carbons (Fsp3) is 0.417.